The van der Waals surface area contributed by atoms with Gasteiger partial charge in [0.2, 0.25) is 0 Å². The van der Waals surface area contributed by atoms with E-state index in [1.54, 1.807) is 36.4 Å². The Balaban J connectivity index is 1.80. The van der Waals surface area contributed by atoms with Crippen LogP contribution in [-0.4, -0.2) is 24.5 Å². The number of aryl methyl sites for hydroxylation is 1. The van der Waals surface area contributed by atoms with Crippen molar-refractivity contribution in [3.63, 3.8) is 0 Å². The number of hydrogen-bond donors (Lipinski definition) is 1. The molecule has 172 valence electrons. The van der Waals surface area contributed by atoms with Crippen molar-refractivity contribution in [1.29, 1.82) is 5.26 Å². The molecule has 0 aliphatic rings. The van der Waals surface area contributed by atoms with Crippen LogP contribution in [0, 0.1) is 28.4 Å². The molecular formula is C25H20BrN3O5. The standard InChI is InChI=1S/C25H20BrN3O5/c1-16-6-8-20(9-7-16)28-24(30)15-34-25-22(26)11-17(12-23(25)33-2)10-19(14-27)18-4-3-5-21(13-18)29(31)32/h3-13H,15H2,1-2H3,(H,28,30)/b19-10-. The van der Waals surface area contributed by atoms with Gasteiger partial charge in [-0.2, -0.15) is 5.26 Å². The summed E-state index contributed by atoms with van der Waals surface area (Å²) in [6, 6.07) is 18.7. The Kier molecular flexibility index (Phi) is 8.01. The fraction of sp³-hybridized carbons (Fsp3) is 0.120. The summed E-state index contributed by atoms with van der Waals surface area (Å²) in [6.07, 6.45) is 1.58. The Morgan fingerprint density at radius 1 is 1.21 bits per heavy atom. The van der Waals surface area contributed by atoms with Crippen LogP contribution in [-0.2, 0) is 4.79 Å². The number of nitro groups is 1. The Labute approximate surface area is 204 Å². The molecule has 0 spiro atoms. The molecule has 0 fully saturated rings. The van der Waals surface area contributed by atoms with Gasteiger partial charge in [-0.15, -0.1) is 0 Å². The SMILES string of the molecule is COc1cc(/C=C(/C#N)c2cccc([N+](=O)[O-])c2)cc(Br)c1OCC(=O)Nc1ccc(C)cc1. The fourth-order valence-corrected chi connectivity index (χ4v) is 3.64. The highest BCUT2D eigenvalue weighted by atomic mass is 79.9. The molecule has 1 N–H and O–H groups in total. The number of benzene rings is 3. The molecule has 3 rings (SSSR count). The minimum absolute atomic E-state index is 0.106. The third-order valence-electron chi connectivity index (χ3n) is 4.73. The van der Waals surface area contributed by atoms with Crippen LogP contribution in [0.1, 0.15) is 16.7 Å². The molecule has 8 nitrogen and oxygen atoms in total. The number of carbonyl (C=O) groups excluding carboxylic acids is 1. The smallest absolute Gasteiger partial charge is 0.270 e. The Morgan fingerprint density at radius 3 is 2.59 bits per heavy atom. The predicted molar refractivity (Wildman–Crippen MR) is 133 cm³/mol. The van der Waals surface area contributed by atoms with Crippen molar-refractivity contribution in [2.75, 3.05) is 19.0 Å². The van der Waals surface area contributed by atoms with Crippen molar-refractivity contribution in [3.8, 4) is 17.6 Å². The number of hydrogen-bond acceptors (Lipinski definition) is 6. The van der Waals surface area contributed by atoms with Crippen molar-refractivity contribution >= 4 is 44.9 Å². The van der Waals surface area contributed by atoms with Crippen LogP contribution in [0.15, 0.2) is 65.1 Å². The lowest BCUT2D eigenvalue weighted by atomic mass is 10.0. The minimum atomic E-state index is -0.515. The predicted octanol–water partition coefficient (Wildman–Crippen LogP) is 5.76. The third-order valence-corrected chi connectivity index (χ3v) is 5.32. The summed E-state index contributed by atoms with van der Waals surface area (Å²) in [7, 11) is 1.46. The van der Waals surface area contributed by atoms with Gasteiger partial charge in [0.25, 0.3) is 11.6 Å². The number of nitro benzene ring substituents is 1. The van der Waals surface area contributed by atoms with E-state index in [1.807, 2.05) is 19.1 Å². The van der Waals surface area contributed by atoms with Gasteiger partial charge in [-0.25, -0.2) is 0 Å². The highest BCUT2D eigenvalue weighted by Crippen LogP contribution is 2.37. The summed E-state index contributed by atoms with van der Waals surface area (Å²) in [6.45, 7) is 1.72. The number of nitrogens with one attached hydrogen (secondary N) is 1. The Hall–Kier alpha value is -4.16. The summed E-state index contributed by atoms with van der Waals surface area (Å²) < 4.78 is 11.6. The first-order chi connectivity index (χ1) is 16.3. The maximum absolute atomic E-state index is 12.3. The van der Waals surface area contributed by atoms with E-state index >= 15 is 0 Å². The van der Waals surface area contributed by atoms with E-state index in [0.29, 0.717) is 32.8 Å². The zero-order valence-corrected chi connectivity index (χ0v) is 20.0. The van der Waals surface area contributed by atoms with Crippen LogP contribution < -0.4 is 14.8 Å². The second-order valence-corrected chi connectivity index (χ2v) is 8.07. The monoisotopic (exact) mass is 521 g/mol. The number of allylic oxidation sites excluding steroid dienone is 1. The number of anilines is 1. The number of amides is 1. The lowest BCUT2D eigenvalue weighted by molar-refractivity contribution is -0.384. The summed E-state index contributed by atoms with van der Waals surface area (Å²) in [5, 5.41) is 23.4. The first-order valence-corrected chi connectivity index (χ1v) is 10.8. The van der Waals surface area contributed by atoms with E-state index in [0.717, 1.165) is 5.56 Å². The molecular weight excluding hydrogens is 502 g/mol. The van der Waals surface area contributed by atoms with Crippen LogP contribution in [0.25, 0.3) is 11.6 Å². The molecule has 0 aliphatic carbocycles. The number of nitrogens with zero attached hydrogens (tertiary/aromatic N) is 2. The van der Waals surface area contributed by atoms with Crippen molar-refractivity contribution in [2.45, 2.75) is 6.92 Å². The summed E-state index contributed by atoms with van der Waals surface area (Å²) in [4.78, 5) is 22.8. The normalized spacial score (nSPS) is 10.8. The second kappa shape index (κ2) is 11.1. The molecule has 0 radical (unpaired) electrons. The first-order valence-electron chi connectivity index (χ1n) is 10.0. The average Bonchev–Trinajstić information content (AvgIpc) is 2.83. The van der Waals surface area contributed by atoms with Gasteiger partial charge >= 0.3 is 0 Å². The molecule has 1 amide bonds. The molecule has 9 heteroatoms. The third kappa shape index (κ3) is 6.21. The number of rotatable bonds is 8. The van der Waals surface area contributed by atoms with Crippen LogP contribution in [0.5, 0.6) is 11.5 Å². The largest absolute Gasteiger partial charge is 0.493 e. The Bertz CT molecular complexity index is 1300. The molecule has 3 aromatic rings. The molecule has 3 aromatic carbocycles. The molecule has 0 bridgehead atoms. The summed E-state index contributed by atoms with van der Waals surface area (Å²) in [5.74, 6) is 0.340. The summed E-state index contributed by atoms with van der Waals surface area (Å²) >= 11 is 3.42. The topological polar surface area (TPSA) is 114 Å². The van der Waals surface area contributed by atoms with Crippen molar-refractivity contribution < 1.29 is 19.2 Å². The first kappa shape index (κ1) is 24.5. The van der Waals surface area contributed by atoms with E-state index in [9.17, 15) is 20.2 Å². The molecule has 0 aliphatic heterocycles. The zero-order chi connectivity index (χ0) is 24.7. The van der Waals surface area contributed by atoms with Gasteiger partial charge in [0.15, 0.2) is 18.1 Å². The number of ether oxygens (including phenoxy) is 2. The Morgan fingerprint density at radius 2 is 1.94 bits per heavy atom. The van der Waals surface area contributed by atoms with Gasteiger partial charge in [-0.05, 0) is 64.3 Å². The summed E-state index contributed by atoms with van der Waals surface area (Å²) in [5.41, 5.74) is 2.90. The number of halogens is 1. The molecule has 0 aromatic heterocycles. The minimum Gasteiger partial charge on any atom is -0.493 e. The van der Waals surface area contributed by atoms with Crippen LogP contribution in [0.3, 0.4) is 0 Å². The van der Waals surface area contributed by atoms with Crippen molar-refractivity contribution in [3.05, 3.63) is 91.9 Å². The quantitative estimate of drug-likeness (QED) is 0.174. The van der Waals surface area contributed by atoms with Gasteiger partial charge < -0.3 is 14.8 Å². The van der Waals surface area contributed by atoms with E-state index in [2.05, 4.69) is 27.3 Å². The van der Waals surface area contributed by atoms with Crippen molar-refractivity contribution in [2.24, 2.45) is 0 Å². The lowest BCUT2D eigenvalue weighted by Gasteiger charge is -2.14. The van der Waals surface area contributed by atoms with Crippen LogP contribution in [0.4, 0.5) is 11.4 Å². The van der Waals surface area contributed by atoms with Crippen molar-refractivity contribution in [1.82, 2.24) is 0 Å². The van der Waals surface area contributed by atoms with E-state index in [4.69, 9.17) is 9.47 Å². The zero-order valence-electron chi connectivity index (χ0n) is 18.4. The number of nitriles is 1. The lowest BCUT2D eigenvalue weighted by Crippen LogP contribution is -2.20. The van der Waals surface area contributed by atoms with Gasteiger partial charge in [0.05, 0.1) is 28.1 Å². The maximum Gasteiger partial charge on any atom is 0.270 e. The maximum atomic E-state index is 12.3. The molecule has 0 saturated heterocycles. The van der Waals surface area contributed by atoms with Gasteiger partial charge in [0.1, 0.15) is 0 Å². The van der Waals surface area contributed by atoms with Gasteiger partial charge in [-0.3, -0.25) is 14.9 Å². The molecule has 0 unspecified atom stereocenters. The van der Waals surface area contributed by atoms with E-state index < -0.39 is 4.92 Å². The highest BCUT2D eigenvalue weighted by molar-refractivity contribution is 9.10. The van der Waals surface area contributed by atoms with Gasteiger partial charge in [-0.1, -0.05) is 29.8 Å². The fourth-order valence-electron chi connectivity index (χ4n) is 3.07. The number of methoxy groups -OCH3 is 1. The van der Waals surface area contributed by atoms with E-state index in [1.165, 1.54) is 25.3 Å². The molecule has 0 heterocycles. The van der Waals surface area contributed by atoms with Crippen LogP contribution >= 0.6 is 15.9 Å². The second-order valence-electron chi connectivity index (χ2n) is 7.21. The highest BCUT2D eigenvalue weighted by Gasteiger charge is 2.15. The average molecular weight is 522 g/mol. The molecule has 0 saturated carbocycles. The number of carbonyl (C=O) groups is 1. The van der Waals surface area contributed by atoms with Crippen LogP contribution in [0.2, 0.25) is 0 Å². The molecule has 0 atom stereocenters. The molecule has 34 heavy (non-hydrogen) atoms. The van der Waals surface area contributed by atoms with Gasteiger partial charge in [0, 0.05) is 17.8 Å². The number of non-ortho nitro benzene ring substituents is 1. The van der Waals surface area contributed by atoms with E-state index in [-0.39, 0.29) is 23.8 Å².